The highest BCUT2D eigenvalue weighted by Crippen LogP contribution is 2.13. The summed E-state index contributed by atoms with van der Waals surface area (Å²) in [6.45, 7) is 1.35. The third-order valence-corrected chi connectivity index (χ3v) is 4.27. The summed E-state index contributed by atoms with van der Waals surface area (Å²) in [5, 5.41) is 3.54. The second-order valence-corrected chi connectivity index (χ2v) is 6.19. The van der Waals surface area contributed by atoms with E-state index in [2.05, 4.69) is 15.0 Å². The molecule has 1 aliphatic rings. The van der Waals surface area contributed by atoms with Crippen molar-refractivity contribution in [3.63, 3.8) is 0 Å². The molecule has 1 unspecified atom stereocenters. The van der Waals surface area contributed by atoms with Gasteiger partial charge < -0.3 is 5.32 Å². The summed E-state index contributed by atoms with van der Waals surface area (Å²) in [5.41, 5.74) is 0. The van der Waals surface area contributed by atoms with Gasteiger partial charge in [0.15, 0.2) is 0 Å². The highest BCUT2D eigenvalue weighted by Gasteiger charge is 2.19. The highest BCUT2D eigenvalue weighted by molar-refractivity contribution is 7.89. The fourth-order valence-electron chi connectivity index (χ4n) is 1.76. The van der Waals surface area contributed by atoms with Crippen molar-refractivity contribution >= 4 is 34.0 Å². The average Bonchev–Trinajstić information content (AvgIpc) is 2.79. The lowest BCUT2D eigenvalue weighted by molar-refractivity contribution is 0.551. The molecule has 2 rings (SSSR count). The molecule has 8 heteroatoms. The Morgan fingerprint density at radius 2 is 2.28 bits per heavy atom. The molecule has 18 heavy (non-hydrogen) atoms. The number of halogens is 2. The molecule has 1 aromatic heterocycles. The van der Waals surface area contributed by atoms with E-state index in [0.29, 0.717) is 11.6 Å². The second-order valence-electron chi connectivity index (χ2n) is 3.98. The van der Waals surface area contributed by atoms with E-state index in [1.165, 1.54) is 18.5 Å². The molecule has 2 N–H and O–H groups in total. The first kappa shape index (κ1) is 15.7. The standard InChI is InChI=1S/C10H14ClN3O2S.ClH/c11-8-4-10(7-12-5-8)17(15,16)14-6-9-2-1-3-13-9;/h4-5,7,9,13-14H,1-3,6H2;1H. The van der Waals surface area contributed by atoms with Crippen LogP contribution in [0.5, 0.6) is 0 Å². The second kappa shape index (κ2) is 6.68. The van der Waals surface area contributed by atoms with Crippen molar-refractivity contribution in [2.45, 2.75) is 23.8 Å². The highest BCUT2D eigenvalue weighted by atomic mass is 35.5. The number of nitrogens with zero attached hydrogens (tertiary/aromatic N) is 1. The van der Waals surface area contributed by atoms with Gasteiger partial charge in [-0.05, 0) is 25.5 Å². The smallest absolute Gasteiger partial charge is 0.242 e. The third-order valence-electron chi connectivity index (χ3n) is 2.67. The van der Waals surface area contributed by atoms with E-state index in [0.717, 1.165) is 19.4 Å². The van der Waals surface area contributed by atoms with E-state index < -0.39 is 10.0 Å². The van der Waals surface area contributed by atoms with Gasteiger partial charge in [0.2, 0.25) is 10.0 Å². The molecular formula is C10H15Cl2N3O2S. The number of pyridine rings is 1. The number of sulfonamides is 1. The van der Waals surface area contributed by atoms with Crippen molar-refractivity contribution in [1.29, 1.82) is 0 Å². The maximum Gasteiger partial charge on any atom is 0.242 e. The van der Waals surface area contributed by atoms with Crippen LogP contribution in [-0.4, -0.2) is 32.5 Å². The van der Waals surface area contributed by atoms with E-state index in [4.69, 9.17) is 11.6 Å². The predicted molar refractivity (Wildman–Crippen MR) is 72.7 cm³/mol. The van der Waals surface area contributed by atoms with E-state index in [1.54, 1.807) is 0 Å². The first-order valence-electron chi connectivity index (χ1n) is 5.41. The van der Waals surface area contributed by atoms with Gasteiger partial charge in [-0.1, -0.05) is 11.6 Å². The Balaban J connectivity index is 0.00000162. The fraction of sp³-hybridized carbons (Fsp3) is 0.500. The van der Waals surface area contributed by atoms with Crippen LogP contribution >= 0.6 is 24.0 Å². The molecule has 0 spiro atoms. The largest absolute Gasteiger partial charge is 0.313 e. The maximum absolute atomic E-state index is 11.9. The van der Waals surface area contributed by atoms with E-state index >= 15 is 0 Å². The lowest BCUT2D eigenvalue weighted by Crippen LogP contribution is -2.37. The van der Waals surface area contributed by atoms with Gasteiger partial charge in [-0.25, -0.2) is 13.1 Å². The summed E-state index contributed by atoms with van der Waals surface area (Å²) in [7, 11) is -3.51. The quantitative estimate of drug-likeness (QED) is 0.876. The normalized spacial score (nSPS) is 19.5. The predicted octanol–water partition coefficient (Wildman–Crippen LogP) is 1.19. The van der Waals surface area contributed by atoms with Gasteiger partial charge in [0, 0.05) is 25.0 Å². The molecule has 1 aromatic rings. The summed E-state index contributed by atoms with van der Waals surface area (Å²) < 4.78 is 26.4. The molecule has 102 valence electrons. The number of hydrogen-bond acceptors (Lipinski definition) is 4. The van der Waals surface area contributed by atoms with Crippen molar-refractivity contribution in [2.24, 2.45) is 0 Å². The molecule has 0 aromatic carbocycles. The van der Waals surface area contributed by atoms with Gasteiger partial charge in [-0.2, -0.15) is 0 Å². The Kier molecular flexibility index (Phi) is 5.81. The monoisotopic (exact) mass is 311 g/mol. The topological polar surface area (TPSA) is 71.1 Å². The van der Waals surface area contributed by atoms with Gasteiger partial charge in [-0.3, -0.25) is 4.98 Å². The Bertz CT molecular complexity index is 490. The van der Waals surface area contributed by atoms with Crippen molar-refractivity contribution in [1.82, 2.24) is 15.0 Å². The molecule has 0 radical (unpaired) electrons. The molecule has 0 amide bonds. The van der Waals surface area contributed by atoms with Crippen molar-refractivity contribution in [2.75, 3.05) is 13.1 Å². The Morgan fingerprint density at radius 3 is 2.89 bits per heavy atom. The van der Waals surface area contributed by atoms with Crippen LogP contribution in [0.4, 0.5) is 0 Å². The molecule has 1 fully saturated rings. The van der Waals surface area contributed by atoms with E-state index in [9.17, 15) is 8.42 Å². The number of aromatic nitrogens is 1. The van der Waals surface area contributed by atoms with E-state index in [1.807, 2.05) is 0 Å². The lowest BCUT2D eigenvalue weighted by Gasteiger charge is -2.11. The molecule has 5 nitrogen and oxygen atoms in total. The summed E-state index contributed by atoms with van der Waals surface area (Å²) in [6.07, 6.45) is 4.77. The van der Waals surface area contributed by atoms with Crippen LogP contribution in [0, 0.1) is 0 Å². The summed E-state index contributed by atoms with van der Waals surface area (Å²) in [5.74, 6) is 0. The zero-order valence-corrected chi connectivity index (χ0v) is 12.0. The molecule has 1 saturated heterocycles. The number of rotatable bonds is 4. The summed E-state index contributed by atoms with van der Waals surface area (Å²) >= 11 is 5.71. The van der Waals surface area contributed by atoms with Crippen molar-refractivity contribution in [3.05, 3.63) is 23.5 Å². The average molecular weight is 312 g/mol. The molecule has 0 bridgehead atoms. The lowest BCUT2D eigenvalue weighted by atomic mass is 10.2. The number of nitrogens with one attached hydrogen (secondary N) is 2. The summed E-state index contributed by atoms with van der Waals surface area (Å²) in [4.78, 5) is 3.86. The van der Waals surface area contributed by atoms with Crippen molar-refractivity contribution in [3.8, 4) is 0 Å². The van der Waals surface area contributed by atoms with E-state index in [-0.39, 0.29) is 23.3 Å². The maximum atomic E-state index is 11.9. The van der Waals surface area contributed by atoms with Gasteiger partial charge in [0.25, 0.3) is 0 Å². The minimum absolute atomic E-state index is 0. The van der Waals surface area contributed by atoms with Crippen LogP contribution in [0.1, 0.15) is 12.8 Å². The molecule has 1 atom stereocenters. The van der Waals surface area contributed by atoms with Crippen molar-refractivity contribution < 1.29 is 8.42 Å². The molecule has 0 saturated carbocycles. The fourth-order valence-corrected chi connectivity index (χ4v) is 3.07. The van der Waals surface area contributed by atoms with Crippen LogP contribution in [-0.2, 0) is 10.0 Å². The van der Waals surface area contributed by atoms with Gasteiger partial charge in [0.1, 0.15) is 4.90 Å². The zero-order chi connectivity index (χ0) is 12.3. The van der Waals surface area contributed by atoms with Crippen LogP contribution < -0.4 is 10.0 Å². The number of hydrogen-bond donors (Lipinski definition) is 2. The third kappa shape index (κ3) is 4.07. The SMILES string of the molecule is Cl.O=S(=O)(NCC1CCCN1)c1cncc(Cl)c1. The molecule has 1 aliphatic heterocycles. The summed E-state index contributed by atoms with van der Waals surface area (Å²) in [6, 6.07) is 1.61. The van der Waals surface area contributed by atoms with Gasteiger partial charge >= 0.3 is 0 Å². The molecular weight excluding hydrogens is 297 g/mol. The molecule has 0 aliphatic carbocycles. The minimum Gasteiger partial charge on any atom is -0.313 e. The Labute approximate surface area is 118 Å². The van der Waals surface area contributed by atoms with Crippen LogP contribution in [0.15, 0.2) is 23.4 Å². The Morgan fingerprint density at radius 1 is 1.50 bits per heavy atom. The van der Waals surface area contributed by atoms with Crippen LogP contribution in [0.25, 0.3) is 0 Å². The zero-order valence-electron chi connectivity index (χ0n) is 9.60. The molecule has 2 heterocycles. The Hall–Kier alpha value is -0.400. The van der Waals surface area contributed by atoms with Crippen LogP contribution in [0.2, 0.25) is 5.02 Å². The first-order valence-corrected chi connectivity index (χ1v) is 7.28. The van der Waals surface area contributed by atoms with Crippen LogP contribution in [0.3, 0.4) is 0 Å². The van der Waals surface area contributed by atoms with Gasteiger partial charge in [0.05, 0.1) is 5.02 Å². The first-order chi connectivity index (χ1) is 8.08. The van der Waals surface area contributed by atoms with Gasteiger partial charge in [-0.15, -0.1) is 12.4 Å². The minimum atomic E-state index is -3.51.